The number of amides is 2. The molecule has 1 atom stereocenters. The molecule has 0 spiro atoms. The number of nitrogens with zero attached hydrogens (tertiary/aromatic N) is 1. The van der Waals surface area contributed by atoms with Crippen LogP contribution in [0.3, 0.4) is 0 Å². The van der Waals surface area contributed by atoms with Gasteiger partial charge in [0.05, 0.1) is 15.6 Å². The summed E-state index contributed by atoms with van der Waals surface area (Å²) in [4.78, 5) is 50.8. The van der Waals surface area contributed by atoms with Crippen LogP contribution in [-0.2, 0) is 14.4 Å². The number of carboxylic acids is 1. The van der Waals surface area contributed by atoms with E-state index < -0.39 is 71.7 Å². The van der Waals surface area contributed by atoms with E-state index in [0.29, 0.717) is 9.21 Å². The molecule has 0 saturated carbocycles. The Morgan fingerprint density at radius 1 is 1.11 bits per heavy atom. The first-order valence-electron chi connectivity index (χ1n) is 10.5. The molecule has 36 heavy (non-hydrogen) atoms. The normalized spacial score (nSPS) is 14.9. The van der Waals surface area contributed by atoms with Crippen LogP contribution < -0.4 is 10.1 Å². The lowest BCUT2D eigenvalue weighted by Crippen LogP contribution is -2.49. The molecule has 1 saturated heterocycles. The molecule has 14 heteroatoms. The lowest BCUT2D eigenvalue weighted by molar-refractivity contribution is -0.141. The first-order chi connectivity index (χ1) is 17.0. The van der Waals surface area contributed by atoms with Gasteiger partial charge in [-0.2, -0.15) is 8.78 Å². The van der Waals surface area contributed by atoms with Crippen molar-refractivity contribution >= 4 is 46.5 Å². The molecule has 0 aliphatic carbocycles. The van der Waals surface area contributed by atoms with Crippen LogP contribution in [0.2, 0.25) is 4.34 Å². The zero-order valence-corrected chi connectivity index (χ0v) is 19.9. The number of hydrogen-bond acceptors (Lipinski definition) is 6. The van der Waals surface area contributed by atoms with Crippen molar-refractivity contribution in [2.75, 3.05) is 19.7 Å². The topological polar surface area (TPSA) is 113 Å². The van der Waals surface area contributed by atoms with Crippen molar-refractivity contribution in [1.29, 1.82) is 0 Å². The summed E-state index contributed by atoms with van der Waals surface area (Å²) in [6.07, 6.45) is -0.396. The number of halogens is 5. The second-order valence-electron chi connectivity index (χ2n) is 7.88. The Bertz CT molecular complexity index is 1160. The summed E-state index contributed by atoms with van der Waals surface area (Å²) >= 11 is 6.97. The molecule has 2 amide bonds. The SMILES string of the molecule is O=C(O)C[C@H](NC(=O)C1CCN(C(=O)c2ccc(Cl)s2)CC1)C(=O)COc1c(F)c(F)cc(F)c1F. The maximum Gasteiger partial charge on any atom is 0.305 e. The van der Waals surface area contributed by atoms with Crippen molar-refractivity contribution in [2.45, 2.75) is 25.3 Å². The third kappa shape index (κ3) is 6.52. The monoisotopic (exact) mass is 550 g/mol. The minimum atomic E-state index is -1.87. The van der Waals surface area contributed by atoms with Crippen molar-refractivity contribution in [2.24, 2.45) is 5.92 Å². The number of nitrogens with one attached hydrogen (secondary N) is 1. The highest BCUT2D eigenvalue weighted by Gasteiger charge is 2.32. The van der Waals surface area contributed by atoms with Crippen molar-refractivity contribution in [1.82, 2.24) is 10.2 Å². The second-order valence-corrected chi connectivity index (χ2v) is 9.60. The molecule has 0 bridgehead atoms. The zero-order valence-electron chi connectivity index (χ0n) is 18.4. The summed E-state index contributed by atoms with van der Waals surface area (Å²) in [6, 6.07) is 1.51. The van der Waals surface area contributed by atoms with Gasteiger partial charge >= 0.3 is 5.97 Å². The van der Waals surface area contributed by atoms with Crippen LogP contribution in [-0.4, -0.2) is 59.3 Å². The van der Waals surface area contributed by atoms with Crippen LogP contribution in [0.5, 0.6) is 5.75 Å². The zero-order chi connectivity index (χ0) is 26.6. The van der Waals surface area contributed by atoms with Gasteiger partial charge in [-0.15, -0.1) is 11.3 Å². The van der Waals surface area contributed by atoms with Crippen LogP contribution in [0.1, 0.15) is 28.9 Å². The van der Waals surface area contributed by atoms with Gasteiger partial charge in [0.1, 0.15) is 12.6 Å². The number of likely N-dealkylation sites (tertiary alicyclic amines) is 1. The molecule has 2 aromatic rings. The number of carbonyl (C=O) groups is 4. The fourth-order valence-corrected chi connectivity index (χ4v) is 4.57. The molecule has 2 heterocycles. The molecule has 1 fully saturated rings. The molecule has 0 radical (unpaired) electrons. The number of benzene rings is 1. The molecule has 194 valence electrons. The average Bonchev–Trinajstić information content (AvgIpc) is 3.27. The Morgan fingerprint density at radius 2 is 1.72 bits per heavy atom. The van der Waals surface area contributed by atoms with E-state index in [-0.39, 0.29) is 37.9 Å². The van der Waals surface area contributed by atoms with Crippen molar-refractivity contribution in [3.63, 3.8) is 0 Å². The molecule has 3 rings (SSSR count). The summed E-state index contributed by atoms with van der Waals surface area (Å²) < 4.78 is 59.2. The maximum absolute atomic E-state index is 13.7. The van der Waals surface area contributed by atoms with Crippen molar-refractivity contribution in [3.05, 3.63) is 50.7 Å². The Morgan fingerprint density at radius 3 is 2.25 bits per heavy atom. The summed E-state index contributed by atoms with van der Waals surface area (Å²) in [5, 5.41) is 11.4. The Labute approximate surface area is 210 Å². The van der Waals surface area contributed by atoms with Crippen molar-refractivity contribution in [3.8, 4) is 5.75 Å². The lowest BCUT2D eigenvalue weighted by Gasteiger charge is -2.31. The Hall–Kier alpha value is -3.19. The fourth-order valence-electron chi connectivity index (χ4n) is 3.56. The summed E-state index contributed by atoms with van der Waals surface area (Å²) in [5.41, 5.74) is 0. The summed E-state index contributed by atoms with van der Waals surface area (Å²) in [7, 11) is 0. The maximum atomic E-state index is 13.7. The van der Waals surface area contributed by atoms with Gasteiger partial charge in [0.2, 0.25) is 17.5 Å². The fraction of sp³-hybridized carbons (Fsp3) is 0.364. The van der Waals surface area contributed by atoms with Gasteiger partial charge in [0.25, 0.3) is 5.91 Å². The number of Topliss-reactive ketones (excluding diaryl/α,β-unsaturated/α-hetero) is 1. The van der Waals surface area contributed by atoms with E-state index in [9.17, 15) is 36.7 Å². The van der Waals surface area contributed by atoms with Crippen LogP contribution in [0, 0.1) is 29.2 Å². The quantitative estimate of drug-likeness (QED) is 0.365. The molecule has 1 aliphatic heterocycles. The van der Waals surface area contributed by atoms with Crippen LogP contribution in [0.4, 0.5) is 17.6 Å². The number of ketones is 1. The predicted molar refractivity (Wildman–Crippen MR) is 119 cm³/mol. The first-order valence-corrected chi connectivity index (χ1v) is 11.7. The molecular weight excluding hydrogens is 532 g/mol. The molecular formula is C22H19ClF4N2O6S. The second kappa shape index (κ2) is 11.7. The van der Waals surface area contributed by atoms with Gasteiger partial charge in [-0.05, 0) is 25.0 Å². The number of aliphatic carboxylic acids is 1. The lowest BCUT2D eigenvalue weighted by atomic mass is 9.95. The summed E-state index contributed by atoms with van der Waals surface area (Å²) in [5.74, 6) is -12.8. The van der Waals surface area contributed by atoms with Crippen LogP contribution >= 0.6 is 22.9 Å². The molecule has 0 unspecified atom stereocenters. The molecule has 1 aromatic carbocycles. The molecule has 8 nitrogen and oxygen atoms in total. The third-order valence-corrected chi connectivity index (χ3v) is 6.67. The smallest absolute Gasteiger partial charge is 0.305 e. The van der Waals surface area contributed by atoms with E-state index in [1.54, 1.807) is 17.0 Å². The van der Waals surface area contributed by atoms with Crippen LogP contribution in [0.15, 0.2) is 18.2 Å². The van der Waals surface area contributed by atoms with E-state index in [2.05, 4.69) is 10.1 Å². The number of ether oxygens (including phenoxy) is 1. The molecule has 2 N–H and O–H groups in total. The number of carbonyl (C=O) groups excluding carboxylic acids is 3. The number of thiophene rings is 1. The van der Waals surface area contributed by atoms with E-state index in [1.807, 2.05) is 0 Å². The van der Waals surface area contributed by atoms with Gasteiger partial charge in [-0.1, -0.05) is 11.6 Å². The third-order valence-electron chi connectivity index (χ3n) is 5.45. The average molecular weight is 551 g/mol. The Kier molecular flexibility index (Phi) is 8.90. The van der Waals surface area contributed by atoms with Gasteiger partial charge in [-0.3, -0.25) is 19.2 Å². The minimum Gasteiger partial charge on any atom is -0.481 e. The highest BCUT2D eigenvalue weighted by atomic mass is 35.5. The molecule has 1 aliphatic rings. The van der Waals surface area contributed by atoms with Gasteiger partial charge in [0, 0.05) is 25.1 Å². The van der Waals surface area contributed by atoms with E-state index in [1.165, 1.54) is 0 Å². The van der Waals surface area contributed by atoms with Crippen LogP contribution in [0.25, 0.3) is 0 Å². The van der Waals surface area contributed by atoms with E-state index >= 15 is 0 Å². The number of hydrogen-bond donors (Lipinski definition) is 2. The summed E-state index contributed by atoms with van der Waals surface area (Å²) in [6.45, 7) is -0.696. The number of carboxylic acid groups (broad SMARTS) is 1. The molecule has 1 aromatic heterocycles. The first kappa shape index (κ1) is 27.4. The van der Waals surface area contributed by atoms with Gasteiger partial charge in [-0.25, -0.2) is 8.78 Å². The number of rotatable bonds is 9. The largest absolute Gasteiger partial charge is 0.481 e. The number of piperidine rings is 1. The standard InChI is InChI=1S/C22H19ClF4N2O6S/c23-16-2-1-15(36-16)22(34)29-5-3-10(4-6-29)21(33)28-13(8-17(31)32)14(30)9-35-20-18(26)11(24)7-12(25)19(20)27/h1-2,7,10,13H,3-6,8-9H2,(H,28,33)(H,31,32)/t13-/m0/s1. The highest BCUT2D eigenvalue weighted by Crippen LogP contribution is 2.27. The Balaban J connectivity index is 1.59. The van der Waals surface area contributed by atoms with Gasteiger partial charge < -0.3 is 20.1 Å². The highest BCUT2D eigenvalue weighted by molar-refractivity contribution is 7.17. The van der Waals surface area contributed by atoms with E-state index in [4.69, 9.17) is 16.7 Å². The van der Waals surface area contributed by atoms with Crippen molar-refractivity contribution < 1.29 is 46.6 Å². The minimum absolute atomic E-state index is 0.0404. The van der Waals surface area contributed by atoms with E-state index in [0.717, 1.165) is 11.3 Å². The predicted octanol–water partition coefficient (Wildman–Crippen LogP) is 3.42. The van der Waals surface area contributed by atoms with Gasteiger partial charge in [0.15, 0.2) is 23.2 Å².